The zero-order valence-electron chi connectivity index (χ0n) is 18.4. The molecule has 2 nitrogen and oxygen atoms in total. The third kappa shape index (κ3) is 7.05. The van der Waals surface area contributed by atoms with Crippen LogP contribution in [0.5, 0.6) is 0 Å². The fourth-order valence-electron chi connectivity index (χ4n) is 3.78. The second-order valence-electron chi connectivity index (χ2n) is 7.72. The highest BCUT2D eigenvalue weighted by Crippen LogP contribution is 2.24. The van der Waals surface area contributed by atoms with Gasteiger partial charge < -0.3 is 5.32 Å². The number of hydrogen-bond acceptors (Lipinski definition) is 2. The highest BCUT2D eigenvalue weighted by atomic mass is 14.8. The van der Waals surface area contributed by atoms with Crippen molar-refractivity contribution in [2.45, 2.75) is 59.3 Å². The second kappa shape index (κ2) is 12.1. The lowest BCUT2D eigenvalue weighted by atomic mass is 9.93. The smallest absolute Gasteiger partial charge is 0.0654 e. The number of allylic oxidation sites excluding steroid dienone is 1. The summed E-state index contributed by atoms with van der Waals surface area (Å²) in [6.07, 6.45) is 10.7. The Labute approximate surface area is 177 Å². The van der Waals surface area contributed by atoms with Gasteiger partial charge in [0.2, 0.25) is 0 Å². The summed E-state index contributed by atoms with van der Waals surface area (Å²) >= 11 is 0. The van der Waals surface area contributed by atoms with Gasteiger partial charge >= 0.3 is 0 Å². The molecule has 0 bridgehead atoms. The molecule has 0 amide bonds. The molecule has 2 rings (SSSR count). The number of unbranched alkanes of at least 4 members (excludes halogenated alkanes) is 2. The SMILES string of the molecule is C=CNCCCCCc1ccc(CCc2ccc(C)cc2/C(=C/C)N=C)c(C)c1. The predicted octanol–water partition coefficient (Wildman–Crippen LogP) is 6.60. The van der Waals surface area contributed by atoms with E-state index in [1.807, 2.05) is 13.0 Å². The summed E-state index contributed by atoms with van der Waals surface area (Å²) in [5.41, 5.74) is 9.06. The van der Waals surface area contributed by atoms with Crippen molar-refractivity contribution in [3.63, 3.8) is 0 Å². The minimum Gasteiger partial charge on any atom is -0.391 e. The first-order valence-corrected chi connectivity index (χ1v) is 10.7. The Morgan fingerprint density at radius 2 is 1.72 bits per heavy atom. The van der Waals surface area contributed by atoms with Crippen molar-refractivity contribution >= 4 is 12.4 Å². The van der Waals surface area contributed by atoms with Crippen molar-refractivity contribution in [2.24, 2.45) is 4.99 Å². The van der Waals surface area contributed by atoms with Gasteiger partial charge in [0.1, 0.15) is 0 Å². The monoisotopic (exact) mass is 388 g/mol. The number of nitrogens with one attached hydrogen (secondary N) is 1. The molecule has 0 saturated carbocycles. The number of aryl methyl sites for hydroxylation is 5. The molecular formula is C27H36N2. The predicted molar refractivity (Wildman–Crippen MR) is 129 cm³/mol. The summed E-state index contributed by atoms with van der Waals surface area (Å²) in [6, 6.07) is 13.7. The van der Waals surface area contributed by atoms with Gasteiger partial charge in [0.25, 0.3) is 0 Å². The van der Waals surface area contributed by atoms with Gasteiger partial charge in [-0.25, -0.2) is 0 Å². The minimum atomic E-state index is 0.971. The first-order chi connectivity index (χ1) is 14.1. The maximum absolute atomic E-state index is 4.22. The van der Waals surface area contributed by atoms with E-state index in [4.69, 9.17) is 0 Å². The van der Waals surface area contributed by atoms with Crippen molar-refractivity contribution in [1.82, 2.24) is 5.32 Å². The topological polar surface area (TPSA) is 24.4 Å². The summed E-state index contributed by atoms with van der Waals surface area (Å²) in [6.45, 7) is 14.8. The zero-order chi connectivity index (χ0) is 21.1. The fraction of sp³-hybridized carbons (Fsp3) is 0.370. The summed E-state index contributed by atoms with van der Waals surface area (Å²) < 4.78 is 0. The van der Waals surface area contributed by atoms with Crippen LogP contribution in [0, 0.1) is 13.8 Å². The molecule has 0 spiro atoms. The van der Waals surface area contributed by atoms with E-state index in [9.17, 15) is 0 Å². The maximum Gasteiger partial charge on any atom is 0.0654 e. The number of aliphatic imine (C=N–C) groups is 1. The zero-order valence-corrected chi connectivity index (χ0v) is 18.4. The van der Waals surface area contributed by atoms with Crippen LogP contribution in [0.15, 0.2) is 60.2 Å². The number of hydrogen-bond donors (Lipinski definition) is 1. The quantitative estimate of drug-likeness (QED) is 0.322. The number of nitrogens with zero attached hydrogens (tertiary/aromatic N) is 1. The van der Waals surface area contributed by atoms with E-state index in [2.05, 4.69) is 73.9 Å². The van der Waals surface area contributed by atoms with E-state index in [1.54, 1.807) is 6.20 Å². The van der Waals surface area contributed by atoms with Crippen LogP contribution in [-0.2, 0) is 19.3 Å². The van der Waals surface area contributed by atoms with E-state index < -0.39 is 0 Å². The Morgan fingerprint density at radius 1 is 0.966 bits per heavy atom. The van der Waals surface area contributed by atoms with Gasteiger partial charge in [-0.05, 0) is 94.1 Å². The number of benzene rings is 2. The van der Waals surface area contributed by atoms with E-state index in [1.165, 1.54) is 52.6 Å². The lowest BCUT2D eigenvalue weighted by Gasteiger charge is -2.13. The van der Waals surface area contributed by atoms with Crippen molar-refractivity contribution in [3.05, 3.63) is 88.6 Å². The van der Waals surface area contributed by atoms with Crippen LogP contribution in [-0.4, -0.2) is 13.3 Å². The van der Waals surface area contributed by atoms with Gasteiger partial charge in [0.05, 0.1) is 5.70 Å². The average molecular weight is 389 g/mol. The van der Waals surface area contributed by atoms with Crippen LogP contribution in [0.1, 0.15) is 59.6 Å². The molecule has 0 aromatic heterocycles. The van der Waals surface area contributed by atoms with Gasteiger partial charge in [-0.3, -0.25) is 4.99 Å². The molecule has 0 aliphatic rings. The van der Waals surface area contributed by atoms with Crippen LogP contribution in [0.25, 0.3) is 5.70 Å². The summed E-state index contributed by atoms with van der Waals surface area (Å²) in [4.78, 5) is 4.22. The minimum absolute atomic E-state index is 0.971. The maximum atomic E-state index is 4.22. The first kappa shape index (κ1) is 22.7. The van der Waals surface area contributed by atoms with Crippen molar-refractivity contribution < 1.29 is 0 Å². The molecule has 0 saturated heterocycles. The third-order valence-corrected chi connectivity index (χ3v) is 5.49. The molecule has 0 radical (unpaired) electrons. The molecule has 29 heavy (non-hydrogen) atoms. The summed E-state index contributed by atoms with van der Waals surface area (Å²) in [5, 5.41) is 3.16. The Kier molecular flexibility index (Phi) is 9.43. The van der Waals surface area contributed by atoms with Gasteiger partial charge in [0.15, 0.2) is 0 Å². The highest BCUT2D eigenvalue weighted by Gasteiger charge is 2.08. The first-order valence-electron chi connectivity index (χ1n) is 10.7. The Balaban J connectivity index is 1.98. The van der Waals surface area contributed by atoms with Crippen LogP contribution in [0.3, 0.4) is 0 Å². The van der Waals surface area contributed by atoms with Gasteiger partial charge in [-0.2, -0.15) is 0 Å². The Hall–Kier alpha value is -2.61. The molecule has 154 valence electrons. The fourth-order valence-corrected chi connectivity index (χ4v) is 3.78. The molecule has 2 heteroatoms. The average Bonchev–Trinajstić information content (AvgIpc) is 2.72. The van der Waals surface area contributed by atoms with Gasteiger partial charge in [-0.15, -0.1) is 0 Å². The Bertz CT molecular complexity index is 846. The number of rotatable bonds is 12. The summed E-state index contributed by atoms with van der Waals surface area (Å²) in [5.74, 6) is 0. The molecule has 2 aromatic carbocycles. The lowest BCUT2D eigenvalue weighted by molar-refractivity contribution is 0.655. The Morgan fingerprint density at radius 3 is 2.41 bits per heavy atom. The van der Waals surface area contributed by atoms with Crippen LogP contribution in [0.4, 0.5) is 0 Å². The van der Waals surface area contributed by atoms with E-state index in [0.29, 0.717) is 0 Å². The second-order valence-corrected chi connectivity index (χ2v) is 7.72. The molecule has 0 fully saturated rings. The molecular weight excluding hydrogens is 352 g/mol. The van der Waals surface area contributed by atoms with Crippen LogP contribution in [0.2, 0.25) is 0 Å². The molecule has 0 unspecified atom stereocenters. The third-order valence-electron chi connectivity index (χ3n) is 5.49. The molecule has 0 atom stereocenters. The molecule has 2 aromatic rings. The van der Waals surface area contributed by atoms with Crippen LogP contribution < -0.4 is 5.32 Å². The standard InChI is InChI=1S/C27H36N2/c1-6-27(28-5)26-19-21(3)12-14-25(26)17-16-24-15-13-23(20-22(24)4)11-9-8-10-18-29-7-2/h6-7,12-15,19-20,29H,2,5,8-11,16-18H2,1,3-4H3/b27-6-. The molecule has 1 N–H and O–H groups in total. The van der Waals surface area contributed by atoms with Crippen molar-refractivity contribution in [1.29, 1.82) is 0 Å². The van der Waals surface area contributed by atoms with Gasteiger partial charge in [-0.1, -0.05) is 55.0 Å². The van der Waals surface area contributed by atoms with Crippen molar-refractivity contribution in [2.75, 3.05) is 6.54 Å². The van der Waals surface area contributed by atoms with Crippen LogP contribution >= 0.6 is 0 Å². The van der Waals surface area contributed by atoms with Crippen molar-refractivity contribution in [3.8, 4) is 0 Å². The normalized spacial score (nSPS) is 11.3. The lowest BCUT2D eigenvalue weighted by Crippen LogP contribution is -2.05. The molecule has 0 aliphatic carbocycles. The van der Waals surface area contributed by atoms with Gasteiger partial charge in [0, 0.05) is 12.1 Å². The molecule has 0 heterocycles. The summed E-state index contributed by atoms with van der Waals surface area (Å²) in [7, 11) is 0. The van der Waals surface area contributed by atoms with E-state index >= 15 is 0 Å². The van der Waals surface area contributed by atoms with E-state index in [0.717, 1.165) is 31.5 Å². The largest absolute Gasteiger partial charge is 0.391 e. The molecule has 0 aliphatic heterocycles. The van der Waals surface area contributed by atoms with E-state index in [-0.39, 0.29) is 0 Å². The highest BCUT2D eigenvalue weighted by molar-refractivity contribution is 5.70.